The predicted molar refractivity (Wildman–Crippen MR) is 101 cm³/mol. The molecule has 0 aliphatic carbocycles. The normalized spacial score (nSPS) is 20.6. The molecule has 1 aromatic carbocycles. The molecule has 148 valence electrons. The van der Waals surface area contributed by atoms with Gasteiger partial charge in [-0.3, -0.25) is 9.58 Å². The van der Waals surface area contributed by atoms with E-state index in [2.05, 4.69) is 23.1 Å². The van der Waals surface area contributed by atoms with Crippen LogP contribution in [0.5, 0.6) is 11.5 Å². The van der Waals surface area contributed by atoms with Crippen LogP contribution in [-0.4, -0.2) is 52.2 Å². The molecule has 0 saturated carbocycles. The summed E-state index contributed by atoms with van der Waals surface area (Å²) >= 11 is 0. The molecule has 2 atom stereocenters. The van der Waals surface area contributed by atoms with Gasteiger partial charge >= 0.3 is 0 Å². The molecule has 0 spiro atoms. The molecule has 2 aromatic rings. The van der Waals surface area contributed by atoms with E-state index in [0.717, 1.165) is 31.7 Å². The number of piperidine rings is 1. The van der Waals surface area contributed by atoms with Crippen molar-refractivity contribution in [2.75, 3.05) is 20.2 Å². The van der Waals surface area contributed by atoms with Crippen LogP contribution >= 0.6 is 0 Å². The van der Waals surface area contributed by atoms with E-state index in [0.29, 0.717) is 24.5 Å². The van der Waals surface area contributed by atoms with Crippen molar-refractivity contribution in [2.24, 2.45) is 0 Å². The maximum absolute atomic E-state index is 13.3. The zero-order valence-corrected chi connectivity index (χ0v) is 16.2. The van der Waals surface area contributed by atoms with E-state index in [9.17, 15) is 9.50 Å². The number of hydrogen-bond acceptors (Lipinski definition) is 5. The smallest absolute Gasteiger partial charge is 0.163 e. The number of likely N-dealkylation sites (tertiary alicyclic amines) is 1. The van der Waals surface area contributed by atoms with Crippen LogP contribution in [0, 0.1) is 12.7 Å². The van der Waals surface area contributed by atoms with E-state index in [4.69, 9.17) is 9.47 Å². The molecule has 6 nitrogen and oxygen atoms in total. The molecule has 0 unspecified atom stereocenters. The van der Waals surface area contributed by atoms with Crippen molar-refractivity contribution in [1.82, 2.24) is 14.7 Å². The molecule has 0 radical (unpaired) electrons. The fourth-order valence-electron chi connectivity index (χ4n) is 3.46. The van der Waals surface area contributed by atoms with E-state index in [1.54, 1.807) is 6.07 Å². The Kier molecular flexibility index (Phi) is 6.34. The van der Waals surface area contributed by atoms with Crippen molar-refractivity contribution >= 4 is 0 Å². The maximum atomic E-state index is 13.3. The first-order valence-corrected chi connectivity index (χ1v) is 9.43. The lowest BCUT2D eigenvalue weighted by atomic mass is 10.0. The van der Waals surface area contributed by atoms with Gasteiger partial charge in [0.2, 0.25) is 0 Å². The Morgan fingerprint density at radius 2 is 2.15 bits per heavy atom. The Morgan fingerprint density at radius 1 is 1.33 bits per heavy atom. The second-order valence-electron chi connectivity index (χ2n) is 7.05. The number of halogens is 1. The average Bonchev–Trinajstić information content (AvgIpc) is 2.98. The summed E-state index contributed by atoms with van der Waals surface area (Å²) in [5, 5.41) is 15.1. The number of hydrogen-bond donors (Lipinski definition) is 1. The van der Waals surface area contributed by atoms with E-state index in [-0.39, 0.29) is 11.9 Å². The summed E-state index contributed by atoms with van der Waals surface area (Å²) in [5.74, 6) is 0.408. The van der Waals surface area contributed by atoms with Crippen molar-refractivity contribution < 1.29 is 19.0 Å². The van der Waals surface area contributed by atoms with Crippen LogP contribution in [0.4, 0.5) is 4.39 Å². The minimum absolute atomic E-state index is 0.337. The third-order valence-electron chi connectivity index (χ3n) is 4.90. The summed E-state index contributed by atoms with van der Waals surface area (Å²) in [5.41, 5.74) is 2.22. The highest BCUT2D eigenvalue weighted by Crippen LogP contribution is 2.30. The number of aromatic nitrogens is 2. The number of nitrogens with zero attached hydrogens (tertiary/aromatic N) is 3. The summed E-state index contributed by atoms with van der Waals surface area (Å²) in [4.78, 5) is 2.21. The molecule has 3 rings (SSSR count). The molecule has 7 heteroatoms. The van der Waals surface area contributed by atoms with Gasteiger partial charge < -0.3 is 14.6 Å². The van der Waals surface area contributed by atoms with Gasteiger partial charge in [-0.1, -0.05) is 6.92 Å². The summed E-state index contributed by atoms with van der Waals surface area (Å²) in [7, 11) is 1.47. The topological polar surface area (TPSA) is 59.8 Å². The number of benzene rings is 1. The van der Waals surface area contributed by atoms with Crippen LogP contribution in [0.3, 0.4) is 0 Å². The molecule has 1 fully saturated rings. The van der Waals surface area contributed by atoms with E-state index in [1.807, 2.05) is 11.6 Å². The molecule has 0 amide bonds. The molecule has 1 aliphatic rings. The number of aliphatic hydroxyl groups excluding tert-OH is 1. The summed E-state index contributed by atoms with van der Waals surface area (Å²) in [6.45, 7) is 7.16. The van der Waals surface area contributed by atoms with Crippen molar-refractivity contribution in [3.8, 4) is 11.5 Å². The van der Waals surface area contributed by atoms with E-state index < -0.39 is 6.10 Å². The fourth-order valence-corrected chi connectivity index (χ4v) is 3.46. The number of ether oxygens (including phenoxy) is 2. The molecule has 27 heavy (non-hydrogen) atoms. The van der Waals surface area contributed by atoms with Gasteiger partial charge in [-0.2, -0.15) is 5.10 Å². The number of aryl methyl sites for hydroxylation is 2. The van der Waals surface area contributed by atoms with Crippen LogP contribution in [0.15, 0.2) is 24.4 Å². The second kappa shape index (κ2) is 8.71. The predicted octanol–water partition coefficient (Wildman–Crippen LogP) is 2.76. The molecule has 1 aliphatic heterocycles. The van der Waals surface area contributed by atoms with Gasteiger partial charge in [0.1, 0.15) is 18.0 Å². The first-order valence-electron chi connectivity index (χ1n) is 9.43. The lowest BCUT2D eigenvalue weighted by Crippen LogP contribution is -2.48. The van der Waals surface area contributed by atoms with Gasteiger partial charge in [-0.05, 0) is 31.9 Å². The Hall–Kier alpha value is -2.12. The monoisotopic (exact) mass is 377 g/mol. The van der Waals surface area contributed by atoms with Crippen LogP contribution in [-0.2, 0) is 13.1 Å². The molecular weight excluding hydrogens is 349 g/mol. The first kappa shape index (κ1) is 19.6. The maximum Gasteiger partial charge on any atom is 0.163 e. The molecule has 0 bridgehead atoms. The minimum atomic E-state index is -0.625. The highest BCUT2D eigenvalue weighted by Gasteiger charge is 2.30. The van der Waals surface area contributed by atoms with Crippen molar-refractivity contribution in [3.63, 3.8) is 0 Å². The van der Waals surface area contributed by atoms with Gasteiger partial charge in [-0.25, -0.2) is 4.39 Å². The van der Waals surface area contributed by atoms with Crippen molar-refractivity contribution in [2.45, 2.75) is 52.0 Å². The zero-order valence-electron chi connectivity index (χ0n) is 16.2. The minimum Gasteiger partial charge on any atom is -0.493 e. The molecule has 1 aromatic heterocycles. The Balaban J connectivity index is 1.59. The van der Waals surface area contributed by atoms with E-state index >= 15 is 0 Å². The zero-order chi connectivity index (χ0) is 19.4. The van der Waals surface area contributed by atoms with Crippen LogP contribution in [0.1, 0.15) is 31.0 Å². The Labute approximate surface area is 159 Å². The van der Waals surface area contributed by atoms with Gasteiger partial charge in [0.25, 0.3) is 0 Å². The number of rotatable bonds is 7. The molecule has 2 heterocycles. The van der Waals surface area contributed by atoms with Crippen molar-refractivity contribution in [1.29, 1.82) is 0 Å². The second-order valence-corrected chi connectivity index (χ2v) is 7.05. The van der Waals surface area contributed by atoms with Gasteiger partial charge in [0.15, 0.2) is 11.5 Å². The first-order chi connectivity index (χ1) is 13.0. The summed E-state index contributed by atoms with van der Waals surface area (Å²) in [6.07, 6.45) is 2.86. The number of β-amino-alcohol motifs (C(OH)–C–C–N with tert-alkyl or cyclic N) is 1. The summed E-state index contributed by atoms with van der Waals surface area (Å²) in [6, 6.07) is 4.16. The molecule has 1 N–H and O–H groups in total. The highest BCUT2D eigenvalue weighted by molar-refractivity contribution is 5.40. The SMILES string of the molecule is CCCn1cc(CN2CC[C@@H](Oc3ccc(F)cc3OC)[C@H](O)C2)c(C)n1. The van der Waals surface area contributed by atoms with Crippen LogP contribution in [0.2, 0.25) is 0 Å². The quantitative estimate of drug-likeness (QED) is 0.804. The Bertz CT molecular complexity index is 765. The van der Waals surface area contributed by atoms with E-state index in [1.165, 1.54) is 24.8 Å². The average molecular weight is 377 g/mol. The van der Waals surface area contributed by atoms with Gasteiger partial charge in [0, 0.05) is 44.0 Å². The van der Waals surface area contributed by atoms with Crippen LogP contribution < -0.4 is 9.47 Å². The lowest BCUT2D eigenvalue weighted by Gasteiger charge is -2.36. The third kappa shape index (κ3) is 4.78. The summed E-state index contributed by atoms with van der Waals surface area (Å²) < 4.78 is 26.4. The van der Waals surface area contributed by atoms with Crippen molar-refractivity contribution in [3.05, 3.63) is 41.5 Å². The molecular formula is C20H28FN3O3. The van der Waals surface area contributed by atoms with Crippen LogP contribution in [0.25, 0.3) is 0 Å². The fraction of sp³-hybridized carbons (Fsp3) is 0.550. The number of aliphatic hydroxyl groups is 1. The lowest BCUT2D eigenvalue weighted by molar-refractivity contribution is -0.0283. The number of methoxy groups -OCH3 is 1. The third-order valence-corrected chi connectivity index (χ3v) is 4.90. The van der Waals surface area contributed by atoms with Gasteiger partial charge in [-0.15, -0.1) is 0 Å². The van der Waals surface area contributed by atoms with Gasteiger partial charge in [0.05, 0.1) is 12.8 Å². The largest absolute Gasteiger partial charge is 0.493 e. The highest BCUT2D eigenvalue weighted by atomic mass is 19.1. The standard InChI is InChI=1S/C20H28FN3O3/c1-4-8-24-12-15(14(2)22-24)11-23-9-7-18(17(25)13-23)27-19-6-5-16(21)10-20(19)26-3/h5-6,10,12,17-18,25H,4,7-9,11,13H2,1-3H3/t17-,18-/m1/s1. The Morgan fingerprint density at radius 3 is 2.85 bits per heavy atom. The molecule has 1 saturated heterocycles.